The Morgan fingerprint density at radius 2 is 1.92 bits per heavy atom. The van der Waals surface area contributed by atoms with Gasteiger partial charge in [0.15, 0.2) is 0 Å². The van der Waals surface area contributed by atoms with Crippen LogP contribution in [0.2, 0.25) is 0 Å². The van der Waals surface area contributed by atoms with Gasteiger partial charge in [-0.1, -0.05) is 6.07 Å². The van der Waals surface area contributed by atoms with Crippen molar-refractivity contribution in [3.8, 4) is 0 Å². The second-order valence-corrected chi connectivity index (χ2v) is 10.7. The lowest BCUT2D eigenvalue weighted by molar-refractivity contribution is -0.127. The van der Waals surface area contributed by atoms with Gasteiger partial charge in [-0.05, 0) is 45.6 Å². The minimum atomic E-state index is -3.47. The van der Waals surface area contributed by atoms with Gasteiger partial charge >= 0.3 is 0 Å². The molecule has 1 saturated heterocycles. The van der Waals surface area contributed by atoms with E-state index in [1.165, 1.54) is 15.6 Å². The van der Waals surface area contributed by atoms with E-state index in [1.807, 2.05) is 17.5 Å². The second-order valence-electron chi connectivity index (χ2n) is 5.14. The number of carbonyl (C=O) groups excluding carboxylic acids is 1. The molecule has 0 radical (unpaired) electrons. The van der Waals surface area contributed by atoms with Crippen molar-refractivity contribution in [1.29, 1.82) is 0 Å². The number of hydrogen-bond donors (Lipinski definition) is 0. The number of amides is 1. The molecule has 9 heteroatoms. The van der Waals surface area contributed by atoms with Gasteiger partial charge in [-0.3, -0.25) is 4.79 Å². The minimum Gasteiger partial charge on any atom is -0.337 e. The van der Waals surface area contributed by atoms with E-state index in [2.05, 4.69) is 15.9 Å². The number of piperazine rings is 1. The van der Waals surface area contributed by atoms with Crippen LogP contribution in [0.4, 0.5) is 0 Å². The first-order valence-corrected chi connectivity index (χ1v) is 11.2. The lowest BCUT2D eigenvalue weighted by Gasteiger charge is -2.33. The monoisotopic (exact) mass is 446 g/mol. The molecule has 1 fully saturated rings. The molecule has 1 aliphatic rings. The van der Waals surface area contributed by atoms with Crippen LogP contribution < -0.4 is 0 Å². The van der Waals surface area contributed by atoms with E-state index in [-0.39, 0.29) is 5.91 Å². The van der Waals surface area contributed by atoms with E-state index in [4.69, 9.17) is 0 Å². The van der Waals surface area contributed by atoms with Crippen LogP contribution in [0.25, 0.3) is 6.08 Å². The van der Waals surface area contributed by atoms with Crippen molar-refractivity contribution in [3.05, 3.63) is 44.4 Å². The number of carbonyl (C=O) groups is 1. The third-order valence-electron chi connectivity index (χ3n) is 3.63. The van der Waals surface area contributed by atoms with Crippen LogP contribution in [-0.4, -0.2) is 49.7 Å². The standard InChI is InChI=1S/C15H15BrN2O3S3/c16-13-4-6-15(23-13)24(20,21)18-9-7-17(8-10-18)14(19)5-3-12-2-1-11-22-12/h1-6,11H,7-10H2. The molecule has 2 aromatic heterocycles. The van der Waals surface area contributed by atoms with E-state index >= 15 is 0 Å². The van der Waals surface area contributed by atoms with E-state index in [0.717, 1.165) is 8.66 Å². The van der Waals surface area contributed by atoms with Crippen LogP contribution in [0, 0.1) is 0 Å². The summed E-state index contributed by atoms with van der Waals surface area (Å²) in [6, 6.07) is 7.21. The van der Waals surface area contributed by atoms with Crippen LogP contribution in [0.1, 0.15) is 4.88 Å². The van der Waals surface area contributed by atoms with Gasteiger partial charge in [0.2, 0.25) is 5.91 Å². The van der Waals surface area contributed by atoms with E-state index in [1.54, 1.807) is 40.5 Å². The van der Waals surface area contributed by atoms with Crippen LogP contribution in [0.15, 0.2) is 43.7 Å². The first-order valence-electron chi connectivity index (χ1n) is 7.23. The summed E-state index contributed by atoms with van der Waals surface area (Å²) in [4.78, 5) is 14.9. The van der Waals surface area contributed by atoms with Crippen molar-refractivity contribution < 1.29 is 13.2 Å². The Hall–Kier alpha value is -1.000. The van der Waals surface area contributed by atoms with Gasteiger partial charge in [0.05, 0.1) is 3.79 Å². The fourth-order valence-corrected chi connectivity index (χ4v) is 6.56. The third kappa shape index (κ3) is 3.97. The van der Waals surface area contributed by atoms with Gasteiger partial charge in [-0.2, -0.15) is 4.31 Å². The number of nitrogens with zero attached hydrogens (tertiary/aromatic N) is 2. The maximum absolute atomic E-state index is 12.6. The lowest BCUT2D eigenvalue weighted by atomic mass is 10.3. The molecule has 0 aromatic carbocycles. The highest BCUT2D eigenvalue weighted by Gasteiger charge is 2.30. The summed E-state index contributed by atoms with van der Waals surface area (Å²) < 4.78 is 27.7. The maximum atomic E-state index is 12.6. The smallest absolute Gasteiger partial charge is 0.252 e. The van der Waals surface area contributed by atoms with Crippen LogP contribution in [0.3, 0.4) is 0 Å². The van der Waals surface area contributed by atoms with Crippen molar-refractivity contribution in [3.63, 3.8) is 0 Å². The highest BCUT2D eigenvalue weighted by atomic mass is 79.9. The number of rotatable bonds is 4. The van der Waals surface area contributed by atoms with Crippen molar-refractivity contribution in [2.45, 2.75) is 4.21 Å². The first-order chi connectivity index (χ1) is 11.5. The zero-order valence-electron chi connectivity index (χ0n) is 12.6. The fraction of sp³-hybridized carbons (Fsp3) is 0.267. The molecule has 0 unspecified atom stereocenters. The molecule has 1 amide bonds. The number of thiophene rings is 2. The van der Waals surface area contributed by atoms with E-state index in [9.17, 15) is 13.2 Å². The average Bonchev–Trinajstić information content (AvgIpc) is 3.24. The Balaban J connectivity index is 1.60. The predicted molar refractivity (Wildman–Crippen MR) is 101 cm³/mol. The van der Waals surface area contributed by atoms with Crippen LogP contribution >= 0.6 is 38.6 Å². The van der Waals surface area contributed by atoms with Gasteiger partial charge in [-0.25, -0.2) is 8.42 Å². The molecule has 0 saturated carbocycles. The largest absolute Gasteiger partial charge is 0.337 e. The van der Waals surface area contributed by atoms with Crippen molar-refractivity contribution >= 4 is 60.6 Å². The lowest BCUT2D eigenvalue weighted by Crippen LogP contribution is -2.50. The summed E-state index contributed by atoms with van der Waals surface area (Å²) in [5.74, 6) is -0.0840. The Kier molecular flexibility index (Phi) is 5.56. The van der Waals surface area contributed by atoms with Gasteiger partial charge in [0.1, 0.15) is 4.21 Å². The van der Waals surface area contributed by atoms with Crippen molar-refractivity contribution in [1.82, 2.24) is 9.21 Å². The summed E-state index contributed by atoms with van der Waals surface area (Å²) in [5.41, 5.74) is 0. The highest BCUT2D eigenvalue weighted by molar-refractivity contribution is 9.11. The average molecular weight is 447 g/mol. The molecule has 3 rings (SSSR count). The molecule has 0 aliphatic carbocycles. The molecule has 0 spiro atoms. The Morgan fingerprint density at radius 3 is 2.50 bits per heavy atom. The molecular weight excluding hydrogens is 432 g/mol. The molecule has 0 N–H and O–H groups in total. The first kappa shape index (κ1) is 17.8. The van der Waals surface area contributed by atoms with Gasteiger partial charge in [-0.15, -0.1) is 22.7 Å². The zero-order chi connectivity index (χ0) is 17.2. The zero-order valence-corrected chi connectivity index (χ0v) is 16.6. The quantitative estimate of drug-likeness (QED) is 0.677. The predicted octanol–water partition coefficient (Wildman–Crippen LogP) is 3.12. The van der Waals surface area contributed by atoms with Crippen LogP contribution in [-0.2, 0) is 14.8 Å². The molecular formula is C15H15BrN2O3S3. The molecule has 0 atom stereocenters. The maximum Gasteiger partial charge on any atom is 0.252 e. The van der Waals surface area contributed by atoms with Gasteiger partial charge in [0, 0.05) is 37.1 Å². The number of halogens is 1. The molecule has 5 nitrogen and oxygen atoms in total. The topological polar surface area (TPSA) is 57.7 Å². The second kappa shape index (κ2) is 7.49. The minimum absolute atomic E-state index is 0.0840. The third-order valence-corrected chi connectivity index (χ3v) is 8.45. The summed E-state index contributed by atoms with van der Waals surface area (Å²) in [6.45, 7) is 1.44. The molecule has 0 bridgehead atoms. The number of hydrogen-bond acceptors (Lipinski definition) is 5. The molecule has 2 aromatic rings. The Labute approximate surface area is 157 Å². The summed E-state index contributed by atoms with van der Waals surface area (Å²) in [7, 11) is -3.47. The molecule has 128 valence electrons. The summed E-state index contributed by atoms with van der Waals surface area (Å²) in [5, 5.41) is 1.96. The SMILES string of the molecule is O=C(C=Cc1cccs1)N1CCN(S(=O)(=O)c2ccc(Br)s2)CC1. The molecule has 1 aliphatic heterocycles. The van der Waals surface area contributed by atoms with Crippen LogP contribution in [0.5, 0.6) is 0 Å². The van der Waals surface area contributed by atoms with Gasteiger partial charge < -0.3 is 4.90 Å². The van der Waals surface area contributed by atoms with Gasteiger partial charge in [0.25, 0.3) is 10.0 Å². The van der Waals surface area contributed by atoms with Crippen molar-refractivity contribution in [2.75, 3.05) is 26.2 Å². The highest BCUT2D eigenvalue weighted by Crippen LogP contribution is 2.28. The van der Waals surface area contributed by atoms with E-state index in [0.29, 0.717) is 30.4 Å². The number of sulfonamides is 1. The summed E-state index contributed by atoms with van der Waals surface area (Å²) in [6.07, 6.45) is 3.34. The fourth-order valence-electron chi connectivity index (χ4n) is 2.36. The summed E-state index contributed by atoms with van der Waals surface area (Å²) >= 11 is 6.05. The molecule has 3 heterocycles. The normalized spacial score (nSPS) is 16.8. The van der Waals surface area contributed by atoms with E-state index < -0.39 is 10.0 Å². The Bertz CT molecular complexity index is 835. The van der Waals surface area contributed by atoms with Crippen molar-refractivity contribution in [2.24, 2.45) is 0 Å². The molecule has 24 heavy (non-hydrogen) atoms. The Morgan fingerprint density at radius 1 is 1.17 bits per heavy atom.